The molecule has 202 valence electrons. The molecule has 1 aliphatic heterocycles. The molecule has 1 aliphatic carbocycles. The second-order valence-corrected chi connectivity index (χ2v) is 9.62. The number of nitrogens with zero attached hydrogens (tertiary/aromatic N) is 3. The van der Waals surface area contributed by atoms with Gasteiger partial charge in [-0.05, 0) is 61.6 Å². The van der Waals surface area contributed by atoms with Crippen molar-refractivity contribution in [3.05, 3.63) is 83.8 Å². The van der Waals surface area contributed by atoms with E-state index in [1.165, 1.54) is 24.2 Å². The first-order chi connectivity index (χ1) is 19.0. The number of carbonyl (C=O) groups excluding carboxylic acids is 1. The predicted octanol–water partition coefficient (Wildman–Crippen LogP) is 6.65. The Morgan fingerprint density at radius 1 is 1.10 bits per heavy atom. The molecule has 8 nitrogen and oxygen atoms in total. The average Bonchev–Trinajstić information content (AvgIpc) is 3.80. The molecule has 39 heavy (non-hydrogen) atoms. The number of anilines is 1. The molecule has 1 fully saturated rings. The third kappa shape index (κ3) is 7.37. The number of hydrogen-bond donors (Lipinski definition) is 3. The van der Waals surface area contributed by atoms with E-state index in [9.17, 15) is 4.79 Å². The van der Waals surface area contributed by atoms with Crippen molar-refractivity contribution in [2.75, 3.05) is 18.5 Å². The number of aromatic nitrogens is 2. The summed E-state index contributed by atoms with van der Waals surface area (Å²) in [6, 6.07) is 14.8. The minimum Gasteiger partial charge on any atom is -0.493 e. The van der Waals surface area contributed by atoms with Crippen molar-refractivity contribution in [3.8, 4) is 16.9 Å². The van der Waals surface area contributed by atoms with E-state index in [1.54, 1.807) is 18.2 Å². The summed E-state index contributed by atoms with van der Waals surface area (Å²) in [6.45, 7) is 5.10. The summed E-state index contributed by atoms with van der Waals surface area (Å²) in [6.07, 6.45) is 12.1. The lowest BCUT2D eigenvalue weighted by molar-refractivity contribution is 0.102. The average molecular weight is 525 g/mol. The van der Waals surface area contributed by atoms with Crippen LogP contribution in [0.25, 0.3) is 11.1 Å². The molecule has 5 rings (SSSR count). The van der Waals surface area contributed by atoms with Crippen LogP contribution in [0.15, 0.2) is 66.9 Å². The first-order valence-corrected chi connectivity index (χ1v) is 13.6. The lowest BCUT2D eigenvalue weighted by Crippen LogP contribution is -2.30. The summed E-state index contributed by atoms with van der Waals surface area (Å²) in [5.41, 5.74) is 3.71. The lowest BCUT2D eigenvalue weighted by Gasteiger charge is -2.18. The molecule has 3 N–H and O–H groups in total. The third-order valence-electron chi connectivity index (χ3n) is 6.26. The van der Waals surface area contributed by atoms with E-state index in [2.05, 4.69) is 41.3 Å². The van der Waals surface area contributed by atoms with Crippen LogP contribution in [0.5, 0.6) is 5.75 Å². The van der Waals surface area contributed by atoms with Crippen LogP contribution in [-0.2, 0) is 0 Å². The number of rotatable bonds is 3. The molecule has 1 saturated carbocycles. The highest BCUT2D eigenvalue weighted by atomic mass is 16.5. The molecule has 3 heterocycles. The molecule has 0 radical (unpaired) electrons. The van der Waals surface area contributed by atoms with Crippen LogP contribution in [0.3, 0.4) is 0 Å². The number of pyridine rings is 2. The fourth-order valence-corrected chi connectivity index (χ4v) is 4.07. The zero-order chi connectivity index (χ0) is 27.6. The number of nitrogens with one attached hydrogen (secondary N) is 3. The Bertz CT molecular complexity index is 1330. The van der Waals surface area contributed by atoms with Crippen LogP contribution in [0, 0.1) is 10.8 Å². The fourth-order valence-electron chi connectivity index (χ4n) is 4.07. The van der Waals surface area contributed by atoms with Crippen molar-refractivity contribution in [2.24, 2.45) is 0 Å². The Balaban J connectivity index is 0.00000112. The number of amidine groups is 1. The molecule has 1 amide bonds. The molecular weight excluding hydrogens is 488 g/mol. The summed E-state index contributed by atoms with van der Waals surface area (Å²) < 4.78 is 6.01. The van der Waals surface area contributed by atoms with Gasteiger partial charge in [-0.25, -0.2) is 4.98 Å². The van der Waals surface area contributed by atoms with Gasteiger partial charge < -0.3 is 15.0 Å². The summed E-state index contributed by atoms with van der Waals surface area (Å²) in [5, 5.41) is 19.0. The number of benzene rings is 1. The van der Waals surface area contributed by atoms with E-state index in [1.807, 2.05) is 36.5 Å². The zero-order valence-electron chi connectivity index (χ0n) is 22.6. The maximum absolute atomic E-state index is 13.4. The van der Waals surface area contributed by atoms with Crippen molar-refractivity contribution in [3.63, 3.8) is 0 Å². The van der Waals surface area contributed by atoms with Gasteiger partial charge in [0.1, 0.15) is 17.3 Å². The van der Waals surface area contributed by atoms with Gasteiger partial charge >= 0.3 is 0 Å². The van der Waals surface area contributed by atoms with Gasteiger partial charge in [0.2, 0.25) is 0 Å². The number of carbonyl (C=O) groups is 1. The highest BCUT2D eigenvalue weighted by Crippen LogP contribution is 2.39. The van der Waals surface area contributed by atoms with E-state index < -0.39 is 0 Å². The number of allylic oxidation sites excluding steroid dienone is 1. The van der Waals surface area contributed by atoms with Crippen molar-refractivity contribution in [2.45, 2.75) is 51.9 Å². The third-order valence-corrected chi connectivity index (χ3v) is 6.26. The second kappa shape index (κ2) is 13.5. The van der Waals surface area contributed by atoms with Gasteiger partial charge in [-0.3, -0.25) is 20.6 Å². The Morgan fingerprint density at radius 3 is 2.62 bits per heavy atom. The predicted molar refractivity (Wildman–Crippen MR) is 156 cm³/mol. The quantitative estimate of drug-likeness (QED) is 0.201. The molecule has 2 aliphatic rings. The monoisotopic (exact) mass is 524 g/mol. The van der Waals surface area contributed by atoms with E-state index in [0.29, 0.717) is 41.9 Å². The molecule has 0 atom stereocenters. The maximum Gasteiger partial charge on any atom is 0.260 e. The molecule has 3 aromatic rings. The van der Waals surface area contributed by atoms with Crippen molar-refractivity contribution < 1.29 is 9.53 Å². The number of amides is 1. The molecule has 0 spiro atoms. The first kappa shape index (κ1) is 27.7. The zero-order valence-corrected chi connectivity index (χ0v) is 22.6. The topological polar surface area (TPSA) is 115 Å². The minimum absolute atomic E-state index is 0.0889. The van der Waals surface area contributed by atoms with Crippen molar-refractivity contribution >= 4 is 23.9 Å². The normalized spacial score (nSPS) is 16.6. The highest BCUT2D eigenvalue weighted by Gasteiger charge is 2.24. The van der Waals surface area contributed by atoms with Crippen LogP contribution in [0.1, 0.15) is 73.6 Å². The summed E-state index contributed by atoms with van der Waals surface area (Å²) in [5.74, 6) is 1.16. The molecule has 0 saturated heterocycles. The molecular formula is C31H36N6O2. The van der Waals surface area contributed by atoms with Gasteiger partial charge in [0, 0.05) is 29.9 Å². The van der Waals surface area contributed by atoms with Gasteiger partial charge in [-0.2, -0.15) is 0 Å². The van der Waals surface area contributed by atoms with E-state index in [4.69, 9.17) is 15.6 Å². The number of hydrogen-bond acceptors (Lipinski definition) is 6. The van der Waals surface area contributed by atoms with Gasteiger partial charge in [0.15, 0.2) is 5.84 Å². The molecule has 0 unspecified atom stereocenters. The summed E-state index contributed by atoms with van der Waals surface area (Å²) >= 11 is 0. The van der Waals surface area contributed by atoms with Crippen LogP contribution in [0.2, 0.25) is 0 Å². The van der Waals surface area contributed by atoms with Crippen LogP contribution < -0.4 is 10.1 Å². The van der Waals surface area contributed by atoms with Gasteiger partial charge in [0.25, 0.3) is 5.91 Å². The van der Waals surface area contributed by atoms with Gasteiger partial charge in [-0.1, -0.05) is 50.6 Å². The molecule has 2 aromatic heterocycles. The van der Waals surface area contributed by atoms with Crippen LogP contribution in [-0.4, -0.2) is 46.1 Å². The molecule has 1 aromatic carbocycles. The standard InChI is InChI=1S/C28H28N6O2.C3H8/c29-18-34-14-3-1-2-4-15-36-25-13-11-20(21-10-12-23(31-17-21)19-8-9-19)16-22(25)28(35)33-26-7-5-6-24(32-26)27(34)30;1-3-2/h1,3,5-7,10-13,16-19,29-30H,2,4,8-9,14-15H2,(H,32,33,35);3H2,1-2H3/b3-1-,29-18?,30-27?;. The maximum atomic E-state index is 13.4. The molecule has 8 heteroatoms. The fraction of sp³-hybridized carbons (Fsp3) is 0.323. The Hall–Kier alpha value is -4.33. The van der Waals surface area contributed by atoms with Crippen molar-refractivity contribution in [1.29, 1.82) is 10.8 Å². The van der Waals surface area contributed by atoms with Crippen LogP contribution >= 0.6 is 0 Å². The number of ether oxygens (including phenoxy) is 1. The van der Waals surface area contributed by atoms with Crippen LogP contribution in [0.4, 0.5) is 5.82 Å². The number of fused-ring (bicyclic) bond motifs is 3. The molecule has 2 bridgehead atoms. The summed E-state index contributed by atoms with van der Waals surface area (Å²) in [4.78, 5) is 23.9. The first-order valence-electron chi connectivity index (χ1n) is 13.6. The van der Waals surface area contributed by atoms with Crippen molar-refractivity contribution in [1.82, 2.24) is 14.9 Å². The Labute approximate surface area is 230 Å². The van der Waals surface area contributed by atoms with Gasteiger partial charge in [0.05, 0.1) is 18.5 Å². The second-order valence-electron chi connectivity index (χ2n) is 9.62. The Morgan fingerprint density at radius 2 is 1.90 bits per heavy atom. The van der Waals surface area contributed by atoms with E-state index >= 15 is 0 Å². The highest BCUT2D eigenvalue weighted by molar-refractivity contribution is 6.07. The summed E-state index contributed by atoms with van der Waals surface area (Å²) in [7, 11) is 0. The van der Waals surface area contributed by atoms with Gasteiger partial charge in [-0.15, -0.1) is 0 Å². The van der Waals surface area contributed by atoms with E-state index in [0.717, 1.165) is 36.0 Å². The van der Waals surface area contributed by atoms with E-state index in [-0.39, 0.29) is 11.7 Å². The largest absolute Gasteiger partial charge is 0.493 e. The smallest absolute Gasteiger partial charge is 0.260 e. The SMILES string of the molecule is CCC.N=CN1C/C=C\CCCOc2ccc(-c3ccc(C4CC4)nc3)cc2C(=O)Nc2cccc(n2)C1=N. The lowest BCUT2D eigenvalue weighted by atomic mass is 10.0. The minimum atomic E-state index is -0.346. The Kier molecular flexibility index (Phi) is 9.56.